The van der Waals surface area contributed by atoms with Gasteiger partial charge in [0, 0.05) is 0 Å². The molecule has 4 fully saturated rings. The molecule has 2 spiro atoms. The molecule has 1 aromatic carbocycles. The quantitative estimate of drug-likeness (QED) is 0.232. The maximum atomic E-state index is 12.0. The molecule has 30 heavy (non-hydrogen) atoms. The van der Waals surface area contributed by atoms with E-state index in [1.54, 1.807) is 5.57 Å². The number of carboxylic acids is 1. The monoisotopic (exact) mass is 409 g/mol. The van der Waals surface area contributed by atoms with Crippen LogP contribution in [0, 0.1) is 17.3 Å². The van der Waals surface area contributed by atoms with E-state index in [1.165, 1.54) is 25.5 Å². The van der Waals surface area contributed by atoms with Crippen molar-refractivity contribution in [3.63, 3.8) is 0 Å². The van der Waals surface area contributed by atoms with Crippen molar-refractivity contribution >= 4 is 12.2 Å². The number of allylic oxidation sites excluding steroid dienone is 1. The maximum Gasteiger partial charge on any atom is 0.309 e. The highest BCUT2D eigenvalue weighted by molar-refractivity contribution is 5.78. The fourth-order valence-corrected chi connectivity index (χ4v) is 7.41. The molecular weight excluding hydrogens is 378 g/mol. The number of nitrogens with zero attached hydrogens (tertiary/aromatic N) is 1. The number of benzene rings is 1. The van der Waals surface area contributed by atoms with Crippen LogP contribution < -0.4 is 0 Å². The van der Waals surface area contributed by atoms with Crippen LogP contribution in [-0.4, -0.2) is 33.7 Å². The largest absolute Gasteiger partial charge is 0.481 e. The average Bonchev–Trinajstić information content (AvgIpc) is 3.20. The molecule has 2 unspecified atom stereocenters. The van der Waals surface area contributed by atoms with E-state index in [0.29, 0.717) is 11.8 Å². The van der Waals surface area contributed by atoms with Crippen molar-refractivity contribution in [3.05, 3.63) is 47.5 Å². The molecule has 0 aromatic heterocycles. The standard InChI is InChI=1S/C18H24O3.C7H7NO/c19-15(20)16-8-3-5-13(16)14-7-6-12-4-1-2-9-17(12)18(14,21-17)11-10-16;9-8-6-7-4-2-1-3-5-7/h4,13-14H,1-3,5-11H2,(H,19,20);1-6,9H/t13?,14?,16-,17+,18-;/m1./s1. The highest BCUT2D eigenvalue weighted by Gasteiger charge is 2.79. The molecule has 6 rings (SSSR count). The number of carboxylic acid groups (broad SMARTS) is 1. The van der Waals surface area contributed by atoms with Crippen molar-refractivity contribution in [2.24, 2.45) is 22.4 Å². The summed E-state index contributed by atoms with van der Waals surface area (Å²) in [5.41, 5.74) is 2.12. The number of carbonyl (C=O) groups is 1. The summed E-state index contributed by atoms with van der Waals surface area (Å²) >= 11 is 0. The van der Waals surface area contributed by atoms with Crippen LogP contribution in [0.3, 0.4) is 0 Å². The lowest BCUT2D eigenvalue weighted by atomic mass is 9.52. The summed E-state index contributed by atoms with van der Waals surface area (Å²) in [6.45, 7) is 0. The second-order valence-electron chi connectivity index (χ2n) is 9.70. The van der Waals surface area contributed by atoms with Gasteiger partial charge in [-0.25, -0.2) is 0 Å². The first kappa shape index (κ1) is 19.8. The minimum atomic E-state index is -0.528. The van der Waals surface area contributed by atoms with Crippen LogP contribution >= 0.6 is 0 Å². The first-order chi connectivity index (χ1) is 14.6. The molecule has 5 nitrogen and oxygen atoms in total. The Kier molecular flexibility index (Phi) is 4.77. The molecule has 5 aliphatic rings. The third-order valence-electron chi connectivity index (χ3n) is 8.67. The number of oxime groups is 1. The van der Waals surface area contributed by atoms with E-state index in [0.717, 1.165) is 50.5 Å². The molecule has 1 aliphatic heterocycles. The number of epoxide rings is 1. The van der Waals surface area contributed by atoms with Gasteiger partial charge in [-0.2, -0.15) is 0 Å². The van der Waals surface area contributed by atoms with E-state index in [9.17, 15) is 9.90 Å². The number of hydrogen-bond donors (Lipinski definition) is 2. The van der Waals surface area contributed by atoms with Crippen LogP contribution in [0.25, 0.3) is 0 Å². The number of ether oxygens (including phenoxy) is 1. The second-order valence-corrected chi connectivity index (χ2v) is 9.70. The Morgan fingerprint density at radius 2 is 1.90 bits per heavy atom. The molecule has 160 valence electrons. The summed E-state index contributed by atoms with van der Waals surface area (Å²) in [5.74, 6) is 0.339. The van der Waals surface area contributed by atoms with Gasteiger partial charge in [-0.15, -0.1) is 0 Å². The van der Waals surface area contributed by atoms with Gasteiger partial charge in [-0.3, -0.25) is 4.79 Å². The Labute approximate surface area is 177 Å². The van der Waals surface area contributed by atoms with Gasteiger partial charge in [0.05, 0.1) is 11.6 Å². The summed E-state index contributed by atoms with van der Waals surface area (Å²) in [6.07, 6.45) is 14.7. The average molecular weight is 410 g/mol. The van der Waals surface area contributed by atoms with Crippen LogP contribution in [-0.2, 0) is 9.53 Å². The van der Waals surface area contributed by atoms with E-state index < -0.39 is 11.4 Å². The first-order valence-electron chi connectivity index (χ1n) is 11.4. The van der Waals surface area contributed by atoms with Gasteiger partial charge in [0.2, 0.25) is 0 Å². The van der Waals surface area contributed by atoms with Crippen LogP contribution in [0.15, 0.2) is 47.1 Å². The fourth-order valence-electron chi connectivity index (χ4n) is 7.41. The Morgan fingerprint density at radius 3 is 2.67 bits per heavy atom. The molecule has 2 N–H and O–H groups in total. The molecule has 1 heterocycles. The second kappa shape index (κ2) is 7.23. The molecule has 1 saturated heterocycles. The van der Waals surface area contributed by atoms with Gasteiger partial charge >= 0.3 is 5.97 Å². The predicted molar refractivity (Wildman–Crippen MR) is 114 cm³/mol. The summed E-state index contributed by atoms with van der Waals surface area (Å²) in [5, 5.41) is 20.8. The SMILES string of the molecule is O=C(O)[C@@]12CCCC1C1CCC3=CCCC[C@]34O[C@]14CC2.ON=Cc1ccccc1. The fraction of sp³-hybridized carbons (Fsp3) is 0.600. The third-order valence-corrected chi connectivity index (χ3v) is 8.67. The predicted octanol–water partition coefficient (Wildman–Crippen LogP) is 5.17. The molecule has 0 radical (unpaired) electrons. The van der Waals surface area contributed by atoms with E-state index in [4.69, 9.17) is 9.94 Å². The van der Waals surface area contributed by atoms with Gasteiger partial charge in [0.1, 0.15) is 11.2 Å². The summed E-state index contributed by atoms with van der Waals surface area (Å²) in [7, 11) is 0. The van der Waals surface area contributed by atoms with E-state index >= 15 is 0 Å². The lowest BCUT2D eigenvalue weighted by Crippen LogP contribution is -2.53. The molecule has 0 bridgehead atoms. The first-order valence-corrected chi connectivity index (χ1v) is 11.4. The number of hydrogen-bond acceptors (Lipinski definition) is 4. The Hall–Kier alpha value is -2.14. The van der Waals surface area contributed by atoms with Gasteiger partial charge in [0.25, 0.3) is 0 Å². The topological polar surface area (TPSA) is 82.4 Å². The lowest BCUT2D eigenvalue weighted by Gasteiger charge is -2.48. The molecule has 1 aromatic rings. The Balaban J connectivity index is 0.000000182. The highest BCUT2D eigenvalue weighted by atomic mass is 16.6. The highest BCUT2D eigenvalue weighted by Crippen LogP contribution is 2.74. The van der Waals surface area contributed by atoms with Crippen LogP contribution in [0.4, 0.5) is 0 Å². The zero-order valence-corrected chi connectivity index (χ0v) is 17.4. The minimum Gasteiger partial charge on any atom is -0.481 e. The van der Waals surface area contributed by atoms with Crippen LogP contribution in [0.5, 0.6) is 0 Å². The van der Waals surface area contributed by atoms with Crippen LogP contribution in [0.2, 0.25) is 0 Å². The van der Waals surface area contributed by atoms with E-state index in [1.807, 2.05) is 30.3 Å². The van der Waals surface area contributed by atoms with Gasteiger partial charge in [0.15, 0.2) is 0 Å². The third kappa shape index (κ3) is 2.71. The zero-order chi connectivity index (χ0) is 20.8. The minimum absolute atomic E-state index is 0.0332. The summed E-state index contributed by atoms with van der Waals surface area (Å²) in [4.78, 5) is 12.0. The molecule has 5 heteroatoms. The summed E-state index contributed by atoms with van der Waals surface area (Å²) < 4.78 is 6.53. The number of fused-ring (bicyclic) bond motifs is 2. The number of rotatable bonds is 2. The molecule has 0 amide bonds. The summed E-state index contributed by atoms with van der Waals surface area (Å²) in [6, 6.07) is 9.40. The lowest BCUT2D eigenvalue weighted by molar-refractivity contribution is -0.158. The molecule has 4 aliphatic carbocycles. The molecule has 5 atom stereocenters. The van der Waals surface area contributed by atoms with Crippen molar-refractivity contribution in [2.75, 3.05) is 0 Å². The smallest absolute Gasteiger partial charge is 0.309 e. The van der Waals surface area contributed by atoms with Crippen molar-refractivity contribution in [3.8, 4) is 0 Å². The van der Waals surface area contributed by atoms with Crippen molar-refractivity contribution in [2.45, 2.75) is 75.4 Å². The van der Waals surface area contributed by atoms with Crippen molar-refractivity contribution < 1.29 is 19.8 Å². The Morgan fingerprint density at radius 1 is 1.07 bits per heavy atom. The van der Waals surface area contributed by atoms with Gasteiger partial charge < -0.3 is 15.1 Å². The van der Waals surface area contributed by atoms with Gasteiger partial charge in [-0.05, 0) is 80.8 Å². The van der Waals surface area contributed by atoms with Crippen molar-refractivity contribution in [1.82, 2.24) is 0 Å². The molecule has 3 saturated carbocycles. The maximum absolute atomic E-state index is 12.0. The Bertz CT molecular complexity index is 880. The number of aliphatic carboxylic acids is 1. The van der Waals surface area contributed by atoms with Crippen LogP contribution in [0.1, 0.15) is 69.8 Å². The van der Waals surface area contributed by atoms with E-state index in [2.05, 4.69) is 11.2 Å². The normalized spacial score (nSPS) is 40.7. The van der Waals surface area contributed by atoms with Crippen molar-refractivity contribution in [1.29, 1.82) is 0 Å². The molecular formula is C25H31NO4. The zero-order valence-electron chi connectivity index (χ0n) is 17.4. The van der Waals surface area contributed by atoms with E-state index in [-0.39, 0.29) is 11.2 Å². The van der Waals surface area contributed by atoms with Gasteiger partial charge in [-0.1, -0.05) is 48.0 Å².